The van der Waals surface area contributed by atoms with Crippen molar-refractivity contribution in [3.8, 4) is 0 Å². The normalized spacial score (nSPS) is 14.8. The van der Waals surface area contributed by atoms with E-state index in [1.54, 1.807) is 19.1 Å². The second kappa shape index (κ2) is 6.37. The van der Waals surface area contributed by atoms with Gasteiger partial charge in [-0.3, -0.25) is 0 Å². The molecule has 0 amide bonds. The topological polar surface area (TPSA) is 58.7 Å². The summed E-state index contributed by atoms with van der Waals surface area (Å²) in [6, 6.07) is 6.78. The Morgan fingerprint density at radius 3 is 2.65 bits per heavy atom. The zero-order valence-electron chi connectivity index (χ0n) is 9.80. The lowest BCUT2D eigenvalue weighted by Gasteiger charge is -2.02. The van der Waals surface area contributed by atoms with Crippen LogP contribution in [-0.4, -0.2) is 22.6 Å². The van der Waals surface area contributed by atoms with Crippen LogP contribution < -0.4 is 0 Å². The zero-order valence-corrected chi connectivity index (χ0v) is 10.6. The minimum atomic E-state index is -0.401. The monoisotopic (exact) mass is 254 g/mol. The van der Waals surface area contributed by atoms with Crippen LogP contribution in [0.25, 0.3) is 5.57 Å². The number of aliphatic hydroxyl groups excluding tert-OH is 1. The summed E-state index contributed by atoms with van der Waals surface area (Å²) in [6.07, 6.45) is 1.37. The summed E-state index contributed by atoms with van der Waals surface area (Å²) in [4.78, 5) is 0.477. The van der Waals surface area contributed by atoms with Crippen molar-refractivity contribution in [2.45, 2.75) is 19.9 Å². The first-order chi connectivity index (χ1) is 8.02. The van der Waals surface area contributed by atoms with Gasteiger partial charge in [-0.25, -0.2) is 0 Å². The second-order valence-corrected chi connectivity index (χ2v) is 4.21. The smallest absolute Gasteiger partial charge is 0.212 e. The molecule has 0 spiro atoms. The Balaban J connectivity index is 2.85. The van der Waals surface area contributed by atoms with Gasteiger partial charge in [-0.05, 0) is 36.7 Å². The molecule has 0 aliphatic heterocycles. The van der Waals surface area contributed by atoms with E-state index in [9.17, 15) is 5.21 Å². The van der Waals surface area contributed by atoms with Crippen LogP contribution >= 0.6 is 11.6 Å². The average Bonchev–Trinajstić information content (AvgIpc) is 2.29. The van der Waals surface area contributed by atoms with Crippen LogP contribution in [0.3, 0.4) is 0 Å². The van der Waals surface area contributed by atoms with Gasteiger partial charge in [0.05, 0.1) is 6.61 Å². The van der Waals surface area contributed by atoms with Gasteiger partial charge in [0.15, 0.2) is 0 Å². The molecule has 0 radical (unpaired) electrons. The molecule has 1 atom stereocenters. The number of benzene rings is 1. The van der Waals surface area contributed by atoms with Gasteiger partial charge in [-0.2, -0.15) is 0 Å². The van der Waals surface area contributed by atoms with E-state index in [0.717, 1.165) is 11.1 Å². The van der Waals surface area contributed by atoms with Crippen LogP contribution in [-0.2, 0) is 0 Å². The molecule has 0 saturated carbocycles. The van der Waals surface area contributed by atoms with Crippen LogP contribution in [0.1, 0.15) is 19.4 Å². The molecule has 1 rings (SSSR count). The van der Waals surface area contributed by atoms with Crippen LogP contribution in [0.5, 0.6) is 0 Å². The number of halogens is 1. The molecule has 0 aromatic heterocycles. The molecular formula is C12H15ClN2O2. The van der Waals surface area contributed by atoms with E-state index in [4.69, 9.17) is 16.7 Å². The minimum Gasteiger partial charge on any atom is -0.595 e. The number of hydroxylamine groups is 1. The quantitative estimate of drug-likeness (QED) is 0.510. The standard InChI is InChI=1S/C12H15ClN2O2/c1-9(7-15(17)14-10(2)8-16)11-3-5-12(13)6-4-11/h3-7,10,16H,8H2,1-2H3/b9-7+,15-14?. The minimum absolute atomic E-state index is 0.146. The van der Waals surface area contributed by atoms with E-state index >= 15 is 0 Å². The Bertz CT molecular complexity index is 427. The molecule has 5 heteroatoms. The summed E-state index contributed by atoms with van der Waals surface area (Å²) < 4.78 is 0. The predicted molar refractivity (Wildman–Crippen MR) is 67.7 cm³/mol. The highest BCUT2D eigenvalue weighted by molar-refractivity contribution is 6.30. The Morgan fingerprint density at radius 2 is 2.12 bits per heavy atom. The molecule has 0 fully saturated rings. The zero-order chi connectivity index (χ0) is 12.8. The number of azo groups is 1. The maximum Gasteiger partial charge on any atom is 0.212 e. The Hall–Kier alpha value is -1.39. The number of rotatable bonds is 4. The SMILES string of the molecule is C/C(=C\[N+]([O-])=NC(C)CO)c1ccc(Cl)cc1. The summed E-state index contributed by atoms with van der Waals surface area (Å²) in [5.41, 5.74) is 1.69. The Labute approximate surface area is 105 Å². The summed E-state index contributed by atoms with van der Waals surface area (Å²) in [5.74, 6) is 0. The largest absolute Gasteiger partial charge is 0.595 e. The molecule has 0 saturated heterocycles. The van der Waals surface area contributed by atoms with Gasteiger partial charge >= 0.3 is 0 Å². The lowest BCUT2D eigenvalue weighted by atomic mass is 10.1. The van der Waals surface area contributed by atoms with E-state index in [-0.39, 0.29) is 6.61 Å². The van der Waals surface area contributed by atoms with E-state index in [0.29, 0.717) is 9.88 Å². The third-order valence-electron chi connectivity index (χ3n) is 2.18. The summed E-state index contributed by atoms with van der Waals surface area (Å²) in [5, 5.41) is 24.5. The third-order valence-corrected chi connectivity index (χ3v) is 2.43. The fourth-order valence-electron chi connectivity index (χ4n) is 1.22. The highest BCUT2D eigenvalue weighted by Crippen LogP contribution is 2.16. The van der Waals surface area contributed by atoms with Crippen molar-refractivity contribution in [1.29, 1.82) is 0 Å². The van der Waals surface area contributed by atoms with Gasteiger partial charge in [0.2, 0.25) is 6.20 Å². The van der Waals surface area contributed by atoms with Gasteiger partial charge < -0.3 is 10.3 Å². The third kappa shape index (κ3) is 4.54. The molecule has 0 heterocycles. The first kappa shape index (κ1) is 13.7. The summed E-state index contributed by atoms with van der Waals surface area (Å²) >= 11 is 5.77. The molecule has 1 aromatic rings. The molecular weight excluding hydrogens is 240 g/mol. The first-order valence-electron chi connectivity index (χ1n) is 5.25. The fraction of sp³-hybridized carbons (Fsp3) is 0.333. The van der Waals surface area contributed by atoms with Crippen molar-refractivity contribution in [3.63, 3.8) is 0 Å². The average molecular weight is 255 g/mol. The highest BCUT2D eigenvalue weighted by Gasteiger charge is 2.03. The van der Waals surface area contributed by atoms with E-state index in [1.807, 2.05) is 19.1 Å². The molecule has 92 valence electrons. The van der Waals surface area contributed by atoms with Crippen LogP contribution in [0.15, 0.2) is 35.6 Å². The lowest BCUT2D eigenvalue weighted by molar-refractivity contribution is -0.461. The molecule has 1 unspecified atom stereocenters. The maximum atomic E-state index is 11.4. The molecule has 17 heavy (non-hydrogen) atoms. The van der Waals surface area contributed by atoms with Crippen molar-refractivity contribution in [1.82, 2.24) is 0 Å². The number of hydrogen-bond donors (Lipinski definition) is 1. The lowest BCUT2D eigenvalue weighted by Crippen LogP contribution is -2.07. The molecule has 0 aliphatic rings. The number of nitrogens with zero attached hydrogens (tertiary/aromatic N) is 2. The van der Waals surface area contributed by atoms with E-state index in [2.05, 4.69) is 5.11 Å². The summed E-state index contributed by atoms with van der Waals surface area (Å²) in [7, 11) is 0. The number of allylic oxidation sites excluding steroid dienone is 1. The van der Waals surface area contributed by atoms with Gasteiger partial charge in [0.1, 0.15) is 6.04 Å². The van der Waals surface area contributed by atoms with Crippen LogP contribution in [0.4, 0.5) is 0 Å². The predicted octanol–water partition coefficient (Wildman–Crippen LogP) is 3.04. The molecule has 0 bridgehead atoms. The molecule has 4 nitrogen and oxygen atoms in total. The molecule has 1 aromatic carbocycles. The van der Waals surface area contributed by atoms with E-state index < -0.39 is 6.04 Å². The van der Waals surface area contributed by atoms with Crippen molar-refractivity contribution in [2.75, 3.05) is 6.61 Å². The van der Waals surface area contributed by atoms with Crippen molar-refractivity contribution >= 4 is 17.2 Å². The molecule has 0 aliphatic carbocycles. The maximum absolute atomic E-state index is 11.4. The van der Waals surface area contributed by atoms with Gasteiger partial charge in [-0.15, -0.1) is 0 Å². The Morgan fingerprint density at radius 1 is 1.53 bits per heavy atom. The highest BCUT2D eigenvalue weighted by atomic mass is 35.5. The molecule has 1 N–H and O–H groups in total. The van der Waals surface area contributed by atoms with Crippen LogP contribution in [0, 0.1) is 5.21 Å². The van der Waals surface area contributed by atoms with Crippen LogP contribution in [0.2, 0.25) is 5.02 Å². The fourth-order valence-corrected chi connectivity index (χ4v) is 1.34. The van der Waals surface area contributed by atoms with Crippen molar-refractivity contribution < 1.29 is 9.97 Å². The van der Waals surface area contributed by atoms with Crippen molar-refractivity contribution in [2.24, 2.45) is 5.11 Å². The number of aliphatic hydroxyl groups is 1. The first-order valence-corrected chi connectivity index (χ1v) is 5.63. The van der Waals surface area contributed by atoms with Crippen molar-refractivity contribution in [3.05, 3.63) is 46.3 Å². The second-order valence-electron chi connectivity index (χ2n) is 3.77. The van der Waals surface area contributed by atoms with Gasteiger partial charge in [-0.1, -0.05) is 28.6 Å². The van der Waals surface area contributed by atoms with Gasteiger partial charge in [0, 0.05) is 10.6 Å². The summed E-state index contributed by atoms with van der Waals surface area (Å²) in [6.45, 7) is 3.33. The van der Waals surface area contributed by atoms with E-state index in [1.165, 1.54) is 6.20 Å². The van der Waals surface area contributed by atoms with Gasteiger partial charge in [0.25, 0.3) is 0 Å². The Kier molecular flexibility index (Phi) is 5.12. The number of hydrogen-bond acceptors (Lipinski definition) is 3.